The van der Waals surface area contributed by atoms with E-state index >= 15 is 0 Å². The molecule has 0 bridgehead atoms. The molecule has 2 N–H and O–H groups in total. The molecule has 2 aromatic carbocycles. The van der Waals surface area contributed by atoms with E-state index in [1.54, 1.807) is 78.1 Å². The third kappa shape index (κ3) is 5.49. The molecule has 0 unspecified atom stereocenters. The van der Waals surface area contributed by atoms with Crippen LogP contribution in [0.5, 0.6) is 0 Å². The molecule has 5 rings (SSSR count). The summed E-state index contributed by atoms with van der Waals surface area (Å²) in [4.78, 5) is 49.2. The molecule has 0 fully saturated rings. The maximum Gasteiger partial charge on any atom is 0.274 e. The van der Waals surface area contributed by atoms with Crippen molar-refractivity contribution >= 4 is 40.7 Å². The molecular weight excluding hydrogens is 490 g/mol. The summed E-state index contributed by atoms with van der Waals surface area (Å²) in [5, 5.41) is 6.10. The molecule has 9 heteroatoms. The summed E-state index contributed by atoms with van der Waals surface area (Å²) in [5.41, 5.74) is 3.28. The number of pyridine rings is 2. The van der Waals surface area contributed by atoms with Gasteiger partial charge in [-0.2, -0.15) is 0 Å². The lowest BCUT2D eigenvalue weighted by Crippen LogP contribution is -2.46. The molecule has 3 amide bonds. The maximum absolute atomic E-state index is 13.7. The predicted molar refractivity (Wildman–Crippen MR) is 140 cm³/mol. The summed E-state index contributed by atoms with van der Waals surface area (Å²) < 4.78 is 0. The number of anilines is 2. The Bertz CT molecular complexity index is 1450. The average molecular weight is 512 g/mol. The van der Waals surface area contributed by atoms with Crippen LogP contribution >= 0.6 is 11.6 Å². The van der Waals surface area contributed by atoms with Crippen molar-refractivity contribution in [2.75, 3.05) is 10.6 Å². The van der Waals surface area contributed by atoms with Crippen LogP contribution in [0.2, 0.25) is 5.02 Å². The number of hydrogen-bond donors (Lipinski definition) is 2. The van der Waals surface area contributed by atoms with Gasteiger partial charge in [0.25, 0.3) is 11.8 Å². The van der Waals surface area contributed by atoms with Crippen molar-refractivity contribution < 1.29 is 14.4 Å². The number of aromatic nitrogens is 2. The molecule has 0 saturated carbocycles. The minimum absolute atomic E-state index is 0.188. The van der Waals surface area contributed by atoms with Crippen molar-refractivity contribution in [2.24, 2.45) is 0 Å². The lowest BCUT2D eigenvalue weighted by Gasteiger charge is -2.29. The van der Waals surface area contributed by atoms with Crippen LogP contribution in [0.25, 0.3) is 0 Å². The fraction of sp³-hybridized carbons (Fsp3) is 0.107. The van der Waals surface area contributed by atoms with Gasteiger partial charge in [0.15, 0.2) is 0 Å². The third-order valence-corrected chi connectivity index (χ3v) is 6.26. The number of benzene rings is 2. The van der Waals surface area contributed by atoms with E-state index in [9.17, 15) is 14.4 Å². The highest BCUT2D eigenvalue weighted by Crippen LogP contribution is 2.29. The number of nitrogens with zero attached hydrogens (tertiary/aromatic N) is 3. The molecular formula is C28H22ClN5O3. The average Bonchev–Trinajstić information content (AvgIpc) is 3.00. The first-order valence-electron chi connectivity index (χ1n) is 11.6. The minimum atomic E-state index is -0.772. The molecule has 3 heterocycles. The van der Waals surface area contributed by atoms with Gasteiger partial charge >= 0.3 is 0 Å². The third-order valence-electron chi connectivity index (χ3n) is 6.02. The van der Waals surface area contributed by atoms with E-state index in [1.165, 1.54) is 0 Å². The van der Waals surface area contributed by atoms with Gasteiger partial charge in [-0.15, -0.1) is 0 Å². The molecule has 0 aliphatic carbocycles. The van der Waals surface area contributed by atoms with Crippen LogP contribution in [0.3, 0.4) is 0 Å². The van der Waals surface area contributed by atoms with Gasteiger partial charge < -0.3 is 15.5 Å². The Morgan fingerprint density at radius 3 is 2.54 bits per heavy atom. The van der Waals surface area contributed by atoms with E-state index in [0.717, 1.165) is 11.1 Å². The number of amides is 3. The van der Waals surface area contributed by atoms with Crippen LogP contribution in [0, 0.1) is 0 Å². The molecule has 184 valence electrons. The van der Waals surface area contributed by atoms with E-state index < -0.39 is 6.04 Å². The van der Waals surface area contributed by atoms with Crippen molar-refractivity contribution in [3.63, 3.8) is 0 Å². The van der Waals surface area contributed by atoms with E-state index in [0.29, 0.717) is 34.1 Å². The number of halogens is 1. The van der Waals surface area contributed by atoms with E-state index in [2.05, 4.69) is 20.6 Å². The van der Waals surface area contributed by atoms with Crippen molar-refractivity contribution in [1.82, 2.24) is 14.9 Å². The summed E-state index contributed by atoms with van der Waals surface area (Å²) in [6.45, 7) is 0.188. The number of rotatable bonds is 6. The van der Waals surface area contributed by atoms with Crippen molar-refractivity contribution in [1.29, 1.82) is 0 Å². The largest absolute Gasteiger partial charge is 0.323 e. The number of hydrogen-bond acceptors (Lipinski definition) is 5. The SMILES string of the molecule is O=C(Nc1ccc(CN2C(=O)c3ccc(Cl)cc3NC(=O)[C@H]2Cc2cccnc2)cc1)c1ccccn1. The van der Waals surface area contributed by atoms with Gasteiger partial charge in [0.05, 0.1) is 11.3 Å². The maximum atomic E-state index is 13.7. The zero-order valence-electron chi connectivity index (χ0n) is 19.6. The fourth-order valence-corrected chi connectivity index (χ4v) is 4.34. The van der Waals surface area contributed by atoms with E-state index in [4.69, 9.17) is 11.6 Å². The second-order valence-electron chi connectivity index (χ2n) is 8.56. The van der Waals surface area contributed by atoms with Crippen molar-refractivity contribution in [3.8, 4) is 0 Å². The molecule has 0 radical (unpaired) electrons. The highest BCUT2D eigenvalue weighted by Gasteiger charge is 2.35. The Morgan fingerprint density at radius 1 is 0.973 bits per heavy atom. The quantitative estimate of drug-likeness (QED) is 0.394. The lowest BCUT2D eigenvalue weighted by molar-refractivity contribution is -0.120. The van der Waals surface area contributed by atoms with E-state index in [1.807, 2.05) is 18.2 Å². The zero-order chi connectivity index (χ0) is 25.8. The topological polar surface area (TPSA) is 104 Å². The normalized spacial score (nSPS) is 14.9. The molecule has 1 aliphatic heterocycles. The van der Waals surface area contributed by atoms with Gasteiger partial charge in [0, 0.05) is 42.3 Å². The van der Waals surface area contributed by atoms with Crippen molar-refractivity contribution in [3.05, 3.63) is 119 Å². The highest BCUT2D eigenvalue weighted by atomic mass is 35.5. The summed E-state index contributed by atoms with van der Waals surface area (Å²) in [7, 11) is 0. The Kier molecular flexibility index (Phi) is 6.91. The second kappa shape index (κ2) is 10.6. The van der Waals surface area contributed by atoms with Crippen LogP contribution in [0.15, 0.2) is 91.4 Å². The summed E-state index contributed by atoms with van der Waals surface area (Å²) in [6.07, 6.45) is 5.20. The molecule has 0 spiro atoms. The van der Waals surface area contributed by atoms with Crippen LogP contribution in [0.4, 0.5) is 11.4 Å². The highest BCUT2D eigenvalue weighted by molar-refractivity contribution is 6.31. The first-order valence-corrected chi connectivity index (χ1v) is 12.0. The first-order chi connectivity index (χ1) is 18.0. The Hall–Kier alpha value is -4.56. The van der Waals surface area contributed by atoms with Crippen LogP contribution in [0.1, 0.15) is 32.0 Å². The number of nitrogens with one attached hydrogen (secondary N) is 2. The monoisotopic (exact) mass is 511 g/mol. The molecule has 8 nitrogen and oxygen atoms in total. The van der Waals surface area contributed by atoms with Gasteiger partial charge in [-0.3, -0.25) is 24.4 Å². The van der Waals surface area contributed by atoms with Gasteiger partial charge in [-0.1, -0.05) is 35.9 Å². The Labute approximate surface area is 218 Å². The van der Waals surface area contributed by atoms with Crippen molar-refractivity contribution in [2.45, 2.75) is 19.0 Å². The van der Waals surface area contributed by atoms with Gasteiger partial charge in [0.2, 0.25) is 5.91 Å². The molecule has 0 saturated heterocycles. The van der Waals surface area contributed by atoms with E-state index in [-0.39, 0.29) is 24.3 Å². The van der Waals surface area contributed by atoms with Crippen LogP contribution in [-0.2, 0) is 17.8 Å². The predicted octanol–water partition coefficient (Wildman–Crippen LogP) is 4.59. The summed E-state index contributed by atoms with van der Waals surface area (Å²) in [5.74, 6) is -0.913. The second-order valence-corrected chi connectivity index (χ2v) is 9.00. The molecule has 2 aromatic heterocycles. The van der Waals surface area contributed by atoms with Gasteiger partial charge in [-0.25, -0.2) is 0 Å². The number of carbonyl (C=O) groups excluding carboxylic acids is 3. The molecule has 4 aromatic rings. The smallest absolute Gasteiger partial charge is 0.274 e. The number of carbonyl (C=O) groups is 3. The Morgan fingerprint density at radius 2 is 1.81 bits per heavy atom. The van der Waals surface area contributed by atoms with Gasteiger partial charge in [0.1, 0.15) is 11.7 Å². The number of fused-ring (bicyclic) bond motifs is 1. The first kappa shape index (κ1) is 24.1. The standard InChI is InChI=1S/C28H22ClN5O3/c29-20-8-11-22-24(15-20)33-27(36)25(14-19-4-3-12-30-16-19)34(28(22)37)17-18-6-9-21(10-7-18)32-26(35)23-5-1-2-13-31-23/h1-13,15-16,25H,14,17H2,(H,32,35)(H,33,36)/t25-/m1/s1. The van der Waals surface area contributed by atoms with Crippen LogP contribution < -0.4 is 10.6 Å². The van der Waals surface area contributed by atoms with Crippen LogP contribution in [-0.4, -0.2) is 38.6 Å². The summed E-state index contributed by atoms with van der Waals surface area (Å²) in [6, 6.07) is 20.0. The molecule has 37 heavy (non-hydrogen) atoms. The zero-order valence-corrected chi connectivity index (χ0v) is 20.4. The fourth-order valence-electron chi connectivity index (χ4n) is 4.17. The molecule has 1 aliphatic rings. The molecule has 1 atom stereocenters. The minimum Gasteiger partial charge on any atom is -0.323 e. The summed E-state index contributed by atoms with van der Waals surface area (Å²) >= 11 is 6.13. The van der Waals surface area contributed by atoms with Gasteiger partial charge in [-0.05, 0) is 59.7 Å². The lowest BCUT2D eigenvalue weighted by atomic mass is 10.0. The Balaban J connectivity index is 1.41.